The van der Waals surface area contributed by atoms with Gasteiger partial charge >= 0.3 is 0 Å². The number of benzene rings is 3. The zero-order chi connectivity index (χ0) is 31.3. The van der Waals surface area contributed by atoms with E-state index in [1.165, 1.54) is 35.6 Å². The van der Waals surface area contributed by atoms with Gasteiger partial charge in [0.25, 0.3) is 11.8 Å². The topological polar surface area (TPSA) is 85.5 Å². The van der Waals surface area contributed by atoms with Crippen molar-refractivity contribution in [1.82, 2.24) is 14.5 Å². The van der Waals surface area contributed by atoms with E-state index >= 15 is 0 Å². The van der Waals surface area contributed by atoms with Gasteiger partial charge in [-0.1, -0.05) is 23.7 Å². The van der Waals surface area contributed by atoms with Crippen molar-refractivity contribution >= 4 is 46.1 Å². The fraction of sp³-hybridized carbons (Fsp3) is 0.176. The van der Waals surface area contributed by atoms with Crippen molar-refractivity contribution in [3.05, 3.63) is 135 Å². The summed E-state index contributed by atoms with van der Waals surface area (Å²) in [6.07, 6.45) is 3.45. The summed E-state index contributed by atoms with van der Waals surface area (Å²) in [6, 6.07) is 26.3. The smallest absolute Gasteiger partial charge is 0.264 e. The van der Waals surface area contributed by atoms with Crippen LogP contribution >= 0.6 is 22.9 Å². The van der Waals surface area contributed by atoms with Gasteiger partial charge in [0.1, 0.15) is 5.82 Å². The molecule has 0 spiro atoms. The number of thiophene rings is 1. The Morgan fingerprint density at radius 2 is 1.64 bits per heavy atom. The second-order valence-corrected chi connectivity index (χ2v) is 12.3. The summed E-state index contributed by atoms with van der Waals surface area (Å²) in [7, 11) is 0. The maximum atomic E-state index is 13.8. The Morgan fingerprint density at radius 3 is 2.29 bits per heavy atom. The van der Waals surface area contributed by atoms with Gasteiger partial charge in [-0.2, -0.15) is 5.26 Å². The van der Waals surface area contributed by atoms with Crippen molar-refractivity contribution in [1.29, 1.82) is 5.26 Å². The SMILES string of the molecule is N#Cc1ccc(Cn2cncc2CN(C(=O)c2ccc(F)cc2)c2ccc(N3CCN(C(=O)c4ccc(Cl)s4)CC3)cc2)cc1. The molecule has 2 amide bonds. The molecular weight excluding hydrogens is 611 g/mol. The molecule has 11 heteroatoms. The Labute approximate surface area is 269 Å². The fourth-order valence-corrected chi connectivity index (χ4v) is 6.30. The van der Waals surface area contributed by atoms with Gasteiger partial charge in [0.05, 0.1) is 39.4 Å². The van der Waals surface area contributed by atoms with Gasteiger partial charge in [0, 0.05) is 55.9 Å². The van der Waals surface area contributed by atoms with Crippen molar-refractivity contribution in [3.8, 4) is 6.07 Å². The number of hydrogen-bond donors (Lipinski definition) is 0. The second-order valence-electron chi connectivity index (χ2n) is 10.6. The molecule has 3 aromatic carbocycles. The predicted octanol–water partition coefficient (Wildman–Crippen LogP) is 6.47. The van der Waals surface area contributed by atoms with E-state index in [0.717, 1.165) is 16.9 Å². The van der Waals surface area contributed by atoms with E-state index < -0.39 is 5.82 Å². The molecule has 3 heterocycles. The summed E-state index contributed by atoms with van der Waals surface area (Å²) in [4.78, 5) is 37.4. The first-order valence-electron chi connectivity index (χ1n) is 14.3. The number of piperazine rings is 1. The number of carbonyl (C=O) groups excluding carboxylic acids is 2. The lowest BCUT2D eigenvalue weighted by atomic mass is 10.1. The van der Waals surface area contributed by atoms with Crippen LogP contribution in [-0.2, 0) is 13.1 Å². The molecule has 1 aliphatic rings. The third kappa shape index (κ3) is 6.90. The van der Waals surface area contributed by atoms with E-state index in [1.807, 2.05) is 45.9 Å². The fourth-order valence-electron chi connectivity index (χ4n) is 5.29. The Balaban J connectivity index is 1.20. The molecule has 8 nitrogen and oxygen atoms in total. The minimum Gasteiger partial charge on any atom is -0.368 e. The van der Waals surface area contributed by atoms with Crippen LogP contribution in [-0.4, -0.2) is 52.4 Å². The summed E-state index contributed by atoms with van der Waals surface area (Å²) in [5.41, 5.74) is 4.43. The highest BCUT2D eigenvalue weighted by Crippen LogP contribution is 2.27. The molecule has 5 aromatic rings. The van der Waals surface area contributed by atoms with Gasteiger partial charge in [-0.3, -0.25) is 9.59 Å². The van der Waals surface area contributed by atoms with Crippen LogP contribution in [0.2, 0.25) is 4.34 Å². The molecule has 0 radical (unpaired) electrons. The van der Waals surface area contributed by atoms with Crippen molar-refractivity contribution in [2.45, 2.75) is 13.1 Å². The maximum absolute atomic E-state index is 13.8. The van der Waals surface area contributed by atoms with Crippen molar-refractivity contribution in [2.75, 3.05) is 36.0 Å². The Kier molecular flexibility index (Phi) is 8.91. The number of hydrogen-bond acceptors (Lipinski definition) is 6. The Morgan fingerprint density at radius 1 is 0.933 bits per heavy atom. The highest BCUT2D eigenvalue weighted by Gasteiger charge is 2.25. The number of halogens is 2. The van der Waals surface area contributed by atoms with Crippen molar-refractivity contribution < 1.29 is 14.0 Å². The largest absolute Gasteiger partial charge is 0.368 e. The highest BCUT2D eigenvalue weighted by atomic mass is 35.5. The lowest BCUT2D eigenvalue weighted by Gasteiger charge is -2.36. The summed E-state index contributed by atoms with van der Waals surface area (Å²) in [5.74, 6) is -0.686. The number of anilines is 2. The van der Waals surface area contributed by atoms with Gasteiger partial charge in [-0.25, -0.2) is 9.37 Å². The molecular formula is C34H28ClFN6O2S. The summed E-state index contributed by atoms with van der Waals surface area (Å²) >= 11 is 7.31. The minimum absolute atomic E-state index is 0.00438. The molecule has 0 N–H and O–H groups in total. The zero-order valence-electron chi connectivity index (χ0n) is 24.1. The molecule has 0 atom stereocenters. The van der Waals surface area contributed by atoms with E-state index in [2.05, 4.69) is 16.0 Å². The second kappa shape index (κ2) is 13.3. The Hall–Kier alpha value is -4.98. The molecule has 0 bridgehead atoms. The number of carbonyl (C=O) groups is 2. The average Bonchev–Trinajstić information content (AvgIpc) is 3.72. The molecule has 1 saturated heterocycles. The summed E-state index contributed by atoms with van der Waals surface area (Å²) in [5, 5.41) is 9.12. The number of nitriles is 1. The first kappa shape index (κ1) is 30.1. The van der Waals surface area contributed by atoms with E-state index in [1.54, 1.807) is 41.7 Å². The average molecular weight is 639 g/mol. The van der Waals surface area contributed by atoms with Gasteiger partial charge in [-0.05, 0) is 78.4 Å². The Bertz CT molecular complexity index is 1840. The highest BCUT2D eigenvalue weighted by molar-refractivity contribution is 7.17. The molecule has 0 saturated carbocycles. The lowest BCUT2D eigenvalue weighted by Crippen LogP contribution is -2.48. The first-order valence-corrected chi connectivity index (χ1v) is 15.5. The number of imidazole rings is 1. The van der Waals surface area contributed by atoms with E-state index in [4.69, 9.17) is 16.9 Å². The summed E-state index contributed by atoms with van der Waals surface area (Å²) in [6.45, 7) is 3.29. The van der Waals surface area contributed by atoms with E-state index in [0.29, 0.717) is 58.8 Å². The van der Waals surface area contributed by atoms with Crippen LogP contribution < -0.4 is 9.80 Å². The predicted molar refractivity (Wildman–Crippen MR) is 173 cm³/mol. The quantitative estimate of drug-likeness (QED) is 0.195. The third-order valence-corrected chi connectivity index (χ3v) is 8.99. The summed E-state index contributed by atoms with van der Waals surface area (Å²) < 4.78 is 16.2. The van der Waals surface area contributed by atoms with Crippen LogP contribution in [0.5, 0.6) is 0 Å². The van der Waals surface area contributed by atoms with E-state index in [9.17, 15) is 14.0 Å². The molecule has 226 valence electrons. The van der Waals surface area contributed by atoms with Crippen molar-refractivity contribution in [3.63, 3.8) is 0 Å². The zero-order valence-corrected chi connectivity index (χ0v) is 25.7. The van der Waals surface area contributed by atoms with E-state index in [-0.39, 0.29) is 18.4 Å². The molecule has 45 heavy (non-hydrogen) atoms. The van der Waals surface area contributed by atoms with Crippen LogP contribution in [0.1, 0.15) is 36.9 Å². The van der Waals surface area contributed by atoms with Gasteiger partial charge < -0.3 is 19.3 Å². The first-order chi connectivity index (χ1) is 21.9. The van der Waals surface area contributed by atoms with Crippen LogP contribution in [0.15, 0.2) is 97.5 Å². The number of amides is 2. The molecule has 1 aliphatic heterocycles. The van der Waals surface area contributed by atoms with Crippen LogP contribution in [0.3, 0.4) is 0 Å². The third-order valence-electron chi connectivity index (χ3n) is 7.77. The molecule has 1 fully saturated rings. The van der Waals surface area contributed by atoms with Gasteiger partial charge in [0.15, 0.2) is 0 Å². The number of rotatable bonds is 8. The van der Waals surface area contributed by atoms with Gasteiger partial charge in [0.2, 0.25) is 0 Å². The lowest BCUT2D eigenvalue weighted by molar-refractivity contribution is 0.0751. The minimum atomic E-state index is -0.413. The van der Waals surface area contributed by atoms with Crippen LogP contribution in [0.4, 0.5) is 15.8 Å². The standard InChI is InChI=1S/C34H28ClFN6O2S/c35-32-14-13-31(45-32)34(44)40-17-15-39(16-18-40)28-9-11-29(12-10-28)42(33(43)26-5-7-27(36)8-6-26)22-30-20-38-23-41(30)21-25-3-1-24(19-37)2-4-25/h1-14,20,23H,15-18,21-22H2. The normalized spacial score (nSPS) is 13.0. The molecule has 0 unspecified atom stereocenters. The number of aromatic nitrogens is 2. The maximum Gasteiger partial charge on any atom is 0.264 e. The van der Waals surface area contributed by atoms with Crippen LogP contribution in [0.25, 0.3) is 0 Å². The molecule has 2 aromatic heterocycles. The number of nitrogens with zero attached hydrogens (tertiary/aromatic N) is 6. The van der Waals surface area contributed by atoms with Gasteiger partial charge in [-0.15, -0.1) is 11.3 Å². The van der Waals surface area contributed by atoms with Crippen molar-refractivity contribution in [2.24, 2.45) is 0 Å². The van der Waals surface area contributed by atoms with Crippen LogP contribution in [0, 0.1) is 17.1 Å². The molecule has 0 aliphatic carbocycles. The monoisotopic (exact) mass is 638 g/mol. The molecule has 6 rings (SSSR count).